The van der Waals surface area contributed by atoms with Crippen molar-refractivity contribution < 1.29 is 24.5 Å². The SMILES string of the molecule is CCOC(=O)CN1CCC(CCC(C)C(O)CO)C1=O. The normalized spacial score (nSPS) is 21.9. The Kier molecular flexibility index (Phi) is 6.95. The van der Waals surface area contributed by atoms with E-state index < -0.39 is 6.10 Å². The average Bonchev–Trinajstić information content (AvgIpc) is 2.76. The number of hydrogen-bond donors (Lipinski definition) is 2. The first kappa shape index (κ1) is 16.9. The minimum atomic E-state index is -0.734. The number of carbonyl (C=O) groups is 2. The molecule has 0 bridgehead atoms. The standard InChI is InChI=1S/C14H25NO5/c1-3-20-13(18)8-15-7-6-11(14(15)19)5-4-10(2)12(17)9-16/h10-12,16-17H,3-9H2,1-2H3. The second kappa shape index (κ2) is 8.21. The summed E-state index contributed by atoms with van der Waals surface area (Å²) in [6, 6.07) is 0. The van der Waals surface area contributed by atoms with E-state index in [1.165, 1.54) is 4.90 Å². The lowest BCUT2D eigenvalue weighted by Gasteiger charge is -2.19. The van der Waals surface area contributed by atoms with Crippen molar-refractivity contribution in [3.8, 4) is 0 Å². The molecule has 0 radical (unpaired) electrons. The molecule has 0 aromatic heterocycles. The molecular weight excluding hydrogens is 262 g/mol. The molecule has 116 valence electrons. The first-order chi connectivity index (χ1) is 9.49. The summed E-state index contributed by atoms with van der Waals surface area (Å²) in [4.78, 5) is 25.0. The quantitative estimate of drug-likeness (QED) is 0.621. The van der Waals surface area contributed by atoms with Crippen molar-refractivity contribution >= 4 is 11.9 Å². The Morgan fingerprint density at radius 1 is 1.55 bits per heavy atom. The summed E-state index contributed by atoms with van der Waals surface area (Å²) >= 11 is 0. The molecule has 6 heteroatoms. The Balaban J connectivity index is 2.36. The lowest BCUT2D eigenvalue weighted by atomic mass is 9.93. The molecular formula is C14H25NO5. The van der Waals surface area contributed by atoms with Crippen LogP contribution < -0.4 is 0 Å². The third kappa shape index (κ3) is 4.76. The molecule has 1 rings (SSSR count). The largest absolute Gasteiger partial charge is 0.465 e. The van der Waals surface area contributed by atoms with Crippen LogP contribution in [-0.2, 0) is 14.3 Å². The number of aliphatic hydroxyl groups is 2. The van der Waals surface area contributed by atoms with Gasteiger partial charge in [0, 0.05) is 12.5 Å². The van der Waals surface area contributed by atoms with Crippen molar-refractivity contribution in [2.24, 2.45) is 11.8 Å². The van der Waals surface area contributed by atoms with Crippen molar-refractivity contribution in [1.29, 1.82) is 0 Å². The average molecular weight is 287 g/mol. The molecule has 1 aliphatic rings. The van der Waals surface area contributed by atoms with Gasteiger partial charge < -0.3 is 19.8 Å². The molecule has 0 aromatic rings. The van der Waals surface area contributed by atoms with E-state index in [0.29, 0.717) is 26.0 Å². The van der Waals surface area contributed by atoms with E-state index >= 15 is 0 Å². The summed E-state index contributed by atoms with van der Waals surface area (Å²) < 4.78 is 4.84. The molecule has 6 nitrogen and oxygen atoms in total. The molecule has 1 fully saturated rings. The summed E-state index contributed by atoms with van der Waals surface area (Å²) in [7, 11) is 0. The maximum Gasteiger partial charge on any atom is 0.325 e. The van der Waals surface area contributed by atoms with Gasteiger partial charge in [0.2, 0.25) is 5.91 Å². The minimum Gasteiger partial charge on any atom is -0.465 e. The zero-order chi connectivity index (χ0) is 15.1. The van der Waals surface area contributed by atoms with E-state index in [1.807, 2.05) is 6.92 Å². The van der Waals surface area contributed by atoms with E-state index in [-0.39, 0.29) is 36.9 Å². The molecule has 20 heavy (non-hydrogen) atoms. The van der Waals surface area contributed by atoms with Gasteiger partial charge in [0.15, 0.2) is 0 Å². The van der Waals surface area contributed by atoms with Crippen molar-refractivity contribution in [3.63, 3.8) is 0 Å². The highest BCUT2D eigenvalue weighted by Gasteiger charge is 2.33. The van der Waals surface area contributed by atoms with Crippen LogP contribution in [0.25, 0.3) is 0 Å². The van der Waals surface area contributed by atoms with E-state index in [2.05, 4.69) is 0 Å². The molecule has 3 atom stereocenters. The fourth-order valence-corrected chi connectivity index (χ4v) is 2.43. The van der Waals surface area contributed by atoms with Crippen LogP contribution in [0.15, 0.2) is 0 Å². The smallest absolute Gasteiger partial charge is 0.325 e. The van der Waals surface area contributed by atoms with Crippen LogP contribution in [0.4, 0.5) is 0 Å². The fourth-order valence-electron chi connectivity index (χ4n) is 2.43. The molecule has 0 aliphatic carbocycles. The number of aliphatic hydroxyl groups excluding tert-OH is 2. The number of ether oxygens (including phenoxy) is 1. The highest BCUT2D eigenvalue weighted by Crippen LogP contribution is 2.25. The van der Waals surface area contributed by atoms with E-state index in [1.54, 1.807) is 6.92 Å². The van der Waals surface area contributed by atoms with Crippen LogP contribution in [-0.4, -0.2) is 59.4 Å². The lowest BCUT2D eigenvalue weighted by Crippen LogP contribution is -2.33. The van der Waals surface area contributed by atoms with E-state index in [4.69, 9.17) is 9.84 Å². The Morgan fingerprint density at radius 2 is 2.25 bits per heavy atom. The summed E-state index contributed by atoms with van der Waals surface area (Å²) in [6.07, 6.45) is 1.37. The maximum absolute atomic E-state index is 12.1. The van der Waals surface area contributed by atoms with Gasteiger partial charge in [-0.2, -0.15) is 0 Å². The van der Waals surface area contributed by atoms with Crippen LogP contribution in [0, 0.1) is 11.8 Å². The Morgan fingerprint density at radius 3 is 2.85 bits per heavy atom. The Labute approximate surface area is 119 Å². The van der Waals surface area contributed by atoms with Gasteiger partial charge in [-0.3, -0.25) is 9.59 Å². The van der Waals surface area contributed by atoms with Gasteiger partial charge in [-0.15, -0.1) is 0 Å². The van der Waals surface area contributed by atoms with Crippen LogP contribution in [0.5, 0.6) is 0 Å². The van der Waals surface area contributed by atoms with Crippen LogP contribution in [0.1, 0.15) is 33.1 Å². The molecule has 2 N–H and O–H groups in total. The highest BCUT2D eigenvalue weighted by molar-refractivity contribution is 5.85. The number of likely N-dealkylation sites (tertiary alicyclic amines) is 1. The lowest BCUT2D eigenvalue weighted by molar-refractivity contribution is -0.148. The second-order valence-electron chi connectivity index (χ2n) is 5.35. The summed E-state index contributed by atoms with van der Waals surface area (Å²) in [6.45, 7) is 4.27. The summed E-state index contributed by atoms with van der Waals surface area (Å²) in [5.74, 6) is -0.501. The second-order valence-corrected chi connectivity index (χ2v) is 5.35. The fraction of sp³-hybridized carbons (Fsp3) is 0.857. The van der Waals surface area contributed by atoms with Gasteiger partial charge in [0.1, 0.15) is 6.54 Å². The molecule has 0 saturated carbocycles. The van der Waals surface area contributed by atoms with Crippen LogP contribution in [0.2, 0.25) is 0 Å². The monoisotopic (exact) mass is 287 g/mol. The highest BCUT2D eigenvalue weighted by atomic mass is 16.5. The number of carbonyl (C=O) groups excluding carboxylic acids is 2. The predicted molar refractivity (Wildman–Crippen MR) is 72.8 cm³/mol. The minimum absolute atomic E-state index is 0.0104. The van der Waals surface area contributed by atoms with Crippen LogP contribution in [0.3, 0.4) is 0 Å². The zero-order valence-electron chi connectivity index (χ0n) is 12.2. The van der Waals surface area contributed by atoms with Crippen molar-refractivity contribution in [2.45, 2.75) is 39.2 Å². The van der Waals surface area contributed by atoms with Gasteiger partial charge in [-0.25, -0.2) is 0 Å². The predicted octanol–water partition coefficient (Wildman–Crippen LogP) is 0.168. The number of rotatable bonds is 8. The third-order valence-electron chi connectivity index (χ3n) is 3.85. The molecule has 1 amide bonds. The zero-order valence-corrected chi connectivity index (χ0v) is 12.2. The van der Waals surface area contributed by atoms with Gasteiger partial charge in [-0.05, 0) is 32.1 Å². The van der Waals surface area contributed by atoms with Gasteiger partial charge in [-0.1, -0.05) is 6.92 Å². The van der Waals surface area contributed by atoms with Crippen LogP contribution >= 0.6 is 0 Å². The molecule has 1 heterocycles. The number of hydrogen-bond acceptors (Lipinski definition) is 5. The summed E-state index contributed by atoms with van der Waals surface area (Å²) in [5.41, 5.74) is 0. The maximum atomic E-state index is 12.1. The van der Waals surface area contributed by atoms with Crippen molar-refractivity contribution in [3.05, 3.63) is 0 Å². The van der Waals surface area contributed by atoms with E-state index in [9.17, 15) is 14.7 Å². The first-order valence-electron chi connectivity index (χ1n) is 7.22. The topological polar surface area (TPSA) is 87.1 Å². The van der Waals surface area contributed by atoms with Crippen molar-refractivity contribution in [1.82, 2.24) is 4.90 Å². The number of esters is 1. The third-order valence-corrected chi connectivity index (χ3v) is 3.85. The molecule has 1 saturated heterocycles. The van der Waals surface area contributed by atoms with E-state index in [0.717, 1.165) is 6.42 Å². The first-order valence-corrected chi connectivity index (χ1v) is 7.22. The Hall–Kier alpha value is -1.14. The summed E-state index contributed by atoms with van der Waals surface area (Å²) in [5, 5.41) is 18.4. The molecule has 0 aromatic carbocycles. The molecule has 1 aliphatic heterocycles. The molecule has 3 unspecified atom stereocenters. The van der Waals surface area contributed by atoms with Crippen molar-refractivity contribution in [2.75, 3.05) is 26.3 Å². The van der Waals surface area contributed by atoms with Gasteiger partial charge in [0.05, 0.1) is 19.3 Å². The van der Waals surface area contributed by atoms with Gasteiger partial charge in [0.25, 0.3) is 0 Å². The number of nitrogens with zero attached hydrogens (tertiary/aromatic N) is 1. The molecule has 0 spiro atoms. The Bertz CT molecular complexity index is 334. The van der Waals surface area contributed by atoms with Gasteiger partial charge >= 0.3 is 5.97 Å². The number of amides is 1.